The molecule has 3 aliphatic heterocycles. The van der Waals surface area contributed by atoms with Gasteiger partial charge >= 0.3 is 35.7 Å². The molecule has 82 heavy (non-hydrogen) atoms. The van der Waals surface area contributed by atoms with Crippen molar-refractivity contribution in [1.29, 1.82) is 0 Å². The number of hydrogen-bond acceptors (Lipinski definition) is 23. The quantitative estimate of drug-likeness (QED) is 0.0234. The number of aliphatic hydroxyl groups is 8. The van der Waals surface area contributed by atoms with Gasteiger partial charge in [0, 0.05) is 37.8 Å². The Labute approximate surface area is 492 Å². The Morgan fingerprint density at radius 2 is 1.40 bits per heavy atom. The number of carbonyl (C=O) groups excluding carboxylic acids is 8. The molecule has 0 saturated carbocycles. The summed E-state index contributed by atoms with van der Waals surface area (Å²) >= 11 is -0.0971. The molecule has 3 aromatic rings. The van der Waals surface area contributed by atoms with E-state index in [2.05, 4.69) is 30.6 Å². The molecule has 440 valence electrons. The third-order valence-electron chi connectivity index (χ3n) is 14.4. The smallest absolute Gasteiger partial charge is 0.691 e. The fraction of sp³-hybridized carbons (Fsp3) is 0.480. The van der Waals surface area contributed by atoms with Gasteiger partial charge in [-0.15, -0.1) is 4.33 Å². The number of aliphatic hydroxyl groups excluding tert-OH is 8. The van der Waals surface area contributed by atoms with E-state index in [0.717, 1.165) is 47.4 Å². The fourth-order valence-corrected chi connectivity index (χ4v) is 10.5. The van der Waals surface area contributed by atoms with E-state index in [4.69, 9.17) is 14.7 Å². The van der Waals surface area contributed by atoms with Crippen LogP contribution in [0.2, 0.25) is 0 Å². The van der Waals surface area contributed by atoms with Crippen molar-refractivity contribution in [2.45, 2.75) is 124 Å². The predicted molar refractivity (Wildman–Crippen MR) is 270 cm³/mol. The molecular weight excluding hydrogens is 1120 g/mol. The molecule has 15 atom stereocenters. The molecule has 3 saturated heterocycles. The Balaban J connectivity index is 0.0000108. The number of nitrogens with zero attached hydrogens (tertiary/aromatic N) is 2. The number of benzene rings is 3. The molecule has 3 aromatic carbocycles. The Morgan fingerprint density at radius 1 is 0.793 bits per heavy atom. The van der Waals surface area contributed by atoms with Crippen LogP contribution in [-0.4, -0.2) is 202 Å². The minimum absolute atomic E-state index is 0. The van der Waals surface area contributed by atoms with Crippen molar-refractivity contribution < 1.29 is 137 Å². The van der Waals surface area contributed by atoms with Crippen LogP contribution >= 0.6 is 12.3 Å². The fourth-order valence-electron chi connectivity index (χ4n) is 10.2. The van der Waals surface area contributed by atoms with E-state index >= 15 is 0 Å². The summed E-state index contributed by atoms with van der Waals surface area (Å²) in [6.07, 6.45) is -20.9. The molecule has 7 rings (SSSR count). The second-order valence-electron chi connectivity index (χ2n) is 20.0. The van der Waals surface area contributed by atoms with Crippen LogP contribution in [-0.2, 0) is 47.7 Å². The van der Waals surface area contributed by atoms with Crippen LogP contribution in [0.15, 0.2) is 66.7 Å². The Bertz CT molecular complexity index is 2800. The van der Waals surface area contributed by atoms with Crippen molar-refractivity contribution in [1.82, 2.24) is 36.4 Å². The van der Waals surface area contributed by atoms with Crippen LogP contribution in [0.25, 0.3) is 11.1 Å². The Hall–Kier alpha value is -6.27. The van der Waals surface area contributed by atoms with Crippen molar-refractivity contribution in [2.24, 2.45) is 11.7 Å². The van der Waals surface area contributed by atoms with Crippen LogP contribution in [0.1, 0.15) is 61.8 Å². The van der Waals surface area contributed by atoms with Crippen LogP contribution < -0.4 is 71.3 Å². The average Bonchev–Trinajstić information content (AvgIpc) is 4.11. The molecule has 3 heterocycles. The first-order valence-corrected chi connectivity index (χ1v) is 25.9. The summed E-state index contributed by atoms with van der Waals surface area (Å²) < 4.78 is 14.6. The van der Waals surface area contributed by atoms with Crippen LogP contribution in [0.4, 0.5) is 4.79 Å². The number of phenols is 1. The number of aromatic hydroxyl groups is 1. The molecule has 0 spiro atoms. The summed E-state index contributed by atoms with van der Waals surface area (Å²) in [6.45, 7) is 0.912. The van der Waals surface area contributed by atoms with Crippen molar-refractivity contribution in [2.75, 3.05) is 19.7 Å². The maximum absolute atomic E-state index is 14.6. The first kappa shape index (κ1) is 64.9. The summed E-state index contributed by atoms with van der Waals surface area (Å²) in [5.41, 5.74) is 8.36. The number of phenolic OH excluding ortho intramolecular Hbond substituents is 1. The van der Waals surface area contributed by atoms with E-state index in [0.29, 0.717) is 9.80 Å². The summed E-state index contributed by atoms with van der Waals surface area (Å²) in [5, 5.41) is 125. The molecule has 32 heteroatoms. The van der Waals surface area contributed by atoms with Gasteiger partial charge in [-0.1, -0.05) is 61.5 Å². The average molecular weight is 1180 g/mol. The number of amides is 8. The minimum atomic E-state index is -2.56. The van der Waals surface area contributed by atoms with Gasteiger partial charge in [-0.05, 0) is 46.9 Å². The SMILES string of the molecule is CC(O)C1NC(=O)[C@@H](NC(=O)OCC2c3ccccc3-c3ccccc32)CC(O)C(O)NC(=O)C2C(O)C(C)CN2C(=O)C(C(O)CC(N)=O)NC(=O)C(C(O)C(O)c2ccc(O)c(OSOO[O-])c2)NC(=O)C2CC(O)CN2C1=O.[Na+]. The van der Waals surface area contributed by atoms with E-state index < -0.39 is 188 Å². The number of nitrogens with two attached hydrogens (primary N) is 1. The van der Waals surface area contributed by atoms with Gasteiger partial charge in [0.15, 0.2) is 17.7 Å². The summed E-state index contributed by atoms with van der Waals surface area (Å²) in [7, 11) is 0. The third-order valence-corrected chi connectivity index (χ3v) is 14.7. The van der Waals surface area contributed by atoms with E-state index in [-0.39, 0.29) is 54.1 Å². The van der Waals surface area contributed by atoms with Gasteiger partial charge in [0.25, 0.3) is 12.3 Å². The number of rotatable bonds is 14. The van der Waals surface area contributed by atoms with Crippen LogP contribution in [0, 0.1) is 5.92 Å². The topological polar surface area (TPSA) is 471 Å². The summed E-state index contributed by atoms with van der Waals surface area (Å²) in [5.74, 6) is -12.3. The van der Waals surface area contributed by atoms with Gasteiger partial charge in [0.1, 0.15) is 61.2 Å². The summed E-state index contributed by atoms with van der Waals surface area (Å²) in [4.78, 5) is 114. The number of hydrogen-bond donors (Lipinski definition) is 15. The van der Waals surface area contributed by atoms with Crippen molar-refractivity contribution >= 4 is 59.8 Å². The standard InChI is InChI=1S/C50H62N8O22S.Na/c1-20-17-58-39(40(20)65)47(72)56-45(70)33(63)15-29(52-50(75)77-19-28-26-9-5-3-7-24(26)25-8-4-6-10-27(25)28)43(68)53-36(21(2)59)48(73)57-18-23(60)14-30(57)44(69)55-38(46(71)54-37(49(58)74)32(62)16-35(51)64)42(67)41(66)22-11-12-31(61)34(13-22)78-81-80-79-76;/h3-13,20-21,23,28-30,32-33,36-42,45,59-63,65-67,70,76H,14-19H2,1-2H3,(H2,51,64)(H,52,75)(H,53,68)(H,54,71)(H,55,69)(H,56,72);/q;+1/p-1/t20?,21?,23?,29-,30?,32?,33?,36?,37?,38?,39?,40?,41?,42?,45?;/m0./s1. The number of carbonyl (C=O) groups is 8. The van der Waals surface area contributed by atoms with Crippen molar-refractivity contribution in [3.05, 3.63) is 83.4 Å². The van der Waals surface area contributed by atoms with Gasteiger partial charge in [0.2, 0.25) is 41.4 Å². The van der Waals surface area contributed by atoms with E-state index in [1.807, 2.05) is 41.7 Å². The second-order valence-corrected chi connectivity index (χ2v) is 20.4. The molecule has 8 amide bonds. The first-order valence-electron chi connectivity index (χ1n) is 25.2. The second kappa shape index (κ2) is 28.3. The maximum atomic E-state index is 14.6. The number of primary amides is 1. The van der Waals surface area contributed by atoms with Gasteiger partial charge in [-0.25, -0.2) is 4.79 Å². The molecule has 16 N–H and O–H groups in total. The zero-order valence-corrected chi connectivity index (χ0v) is 46.9. The number of nitrogens with one attached hydrogen (secondary N) is 5. The number of alkyl carbamates (subject to hydrolysis) is 1. The third kappa shape index (κ3) is 14.7. The molecule has 0 bridgehead atoms. The van der Waals surface area contributed by atoms with Gasteiger partial charge in [-0.3, -0.25) is 38.6 Å². The normalized spacial score (nSPS) is 28.0. The number of ether oxygens (including phenoxy) is 1. The van der Waals surface area contributed by atoms with Gasteiger partial charge in [-0.2, -0.15) is 0 Å². The van der Waals surface area contributed by atoms with Gasteiger partial charge in [0.05, 0.1) is 30.8 Å². The number of fused-ring (bicyclic) bond motifs is 5. The molecule has 0 radical (unpaired) electrons. The molecule has 30 nitrogen and oxygen atoms in total. The zero-order chi connectivity index (χ0) is 59.1. The van der Waals surface area contributed by atoms with E-state index in [9.17, 15) is 89.6 Å². The maximum Gasteiger partial charge on any atom is 1.00 e. The minimum Gasteiger partial charge on any atom is -0.691 e. The van der Waals surface area contributed by atoms with E-state index in [1.54, 1.807) is 12.1 Å². The monoisotopic (exact) mass is 1180 g/mol. The molecule has 1 aliphatic carbocycles. The predicted octanol–water partition coefficient (Wildman–Crippen LogP) is -8.70. The van der Waals surface area contributed by atoms with E-state index in [1.165, 1.54) is 6.92 Å². The molecule has 0 aromatic heterocycles. The largest absolute Gasteiger partial charge is 1.00 e. The Morgan fingerprint density at radius 3 is 2.02 bits per heavy atom. The molecular formula is C50H61N8NaO22S. The first-order chi connectivity index (χ1) is 38.4. The van der Waals surface area contributed by atoms with Crippen LogP contribution in [0.5, 0.6) is 11.5 Å². The van der Waals surface area contributed by atoms with Crippen LogP contribution in [0.3, 0.4) is 0 Å². The van der Waals surface area contributed by atoms with Crippen molar-refractivity contribution in [3.63, 3.8) is 0 Å². The molecule has 3 fully saturated rings. The summed E-state index contributed by atoms with van der Waals surface area (Å²) in [6, 6.07) is 4.67. The zero-order valence-electron chi connectivity index (χ0n) is 44.0. The Kier molecular flexibility index (Phi) is 22.4. The molecule has 14 unspecified atom stereocenters. The van der Waals surface area contributed by atoms with Gasteiger partial charge < -0.3 is 102 Å². The molecule has 4 aliphatic rings. The van der Waals surface area contributed by atoms with Crippen molar-refractivity contribution in [3.8, 4) is 22.6 Å².